The van der Waals surface area contributed by atoms with Crippen LogP contribution in [0, 0.1) is 11.8 Å². The molecular formula is C16H31N. The molecule has 2 atom stereocenters. The van der Waals surface area contributed by atoms with E-state index in [1.165, 1.54) is 51.5 Å². The number of hydrogen-bond donors (Lipinski definition) is 0. The second kappa shape index (κ2) is 5.30. The summed E-state index contributed by atoms with van der Waals surface area (Å²) >= 11 is 0. The Hall–Kier alpha value is -0.0400. The minimum absolute atomic E-state index is 0.425. The topological polar surface area (TPSA) is 3.24 Å². The molecule has 17 heavy (non-hydrogen) atoms. The van der Waals surface area contributed by atoms with E-state index in [-0.39, 0.29) is 0 Å². The molecule has 0 bridgehead atoms. The van der Waals surface area contributed by atoms with Crippen LogP contribution in [0.1, 0.15) is 72.6 Å². The van der Waals surface area contributed by atoms with Gasteiger partial charge in [-0.25, -0.2) is 0 Å². The van der Waals surface area contributed by atoms with Crippen LogP contribution >= 0.6 is 0 Å². The highest BCUT2D eigenvalue weighted by Crippen LogP contribution is 2.41. The summed E-state index contributed by atoms with van der Waals surface area (Å²) in [7, 11) is 0. The lowest BCUT2D eigenvalue weighted by molar-refractivity contribution is -0.0225. The van der Waals surface area contributed by atoms with Gasteiger partial charge in [-0.05, 0) is 52.4 Å². The smallest absolute Gasteiger partial charge is 0.0158 e. The summed E-state index contributed by atoms with van der Waals surface area (Å²) in [6, 6.07) is 0.705. The number of likely N-dealkylation sites (tertiary alicyclic amines) is 1. The second-order valence-corrected chi connectivity index (χ2v) is 7.27. The Balaban J connectivity index is 2.08. The largest absolute Gasteiger partial charge is 0.296 e. The third kappa shape index (κ3) is 3.05. The predicted octanol–water partition coefficient (Wildman–Crippen LogP) is 4.47. The van der Waals surface area contributed by atoms with E-state index in [0.717, 1.165) is 11.8 Å². The monoisotopic (exact) mass is 237 g/mol. The Bertz CT molecular complexity index is 244. The molecule has 0 spiro atoms. The zero-order chi connectivity index (χ0) is 12.5. The molecule has 2 rings (SSSR count). The van der Waals surface area contributed by atoms with Crippen LogP contribution < -0.4 is 0 Å². The SMILES string of the molecule is CC(C)N1CC2CCCCCCC2CC1(C)C. The molecule has 0 aromatic carbocycles. The van der Waals surface area contributed by atoms with Crippen LogP contribution in [0.5, 0.6) is 0 Å². The van der Waals surface area contributed by atoms with E-state index in [9.17, 15) is 0 Å². The van der Waals surface area contributed by atoms with Crippen LogP contribution in [0.4, 0.5) is 0 Å². The standard InChI is InChI=1S/C16H31N/c1-13(2)17-12-15-10-8-6-5-7-9-14(15)11-16(17,3)4/h13-15H,5-12H2,1-4H3. The molecule has 1 heterocycles. The fourth-order valence-corrected chi connectivity index (χ4v) is 4.32. The van der Waals surface area contributed by atoms with Gasteiger partial charge < -0.3 is 0 Å². The van der Waals surface area contributed by atoms with Gasteiger partial charge in [0.15, 0.2) is 0 Å². The van der Waals surface area contributed by atoms with Gasteiger partial charge in [0.1, 0.15) is 0 Å². The zero-order valence-electron chi connectivity index (χ0n) is 12.3. The fourth-order valence-electron chi connectivity index (χ4n) is 4.32. The average Bonchev–Trinajstić information content (AvgIpc) is 2.19. The molecule has 2 aliphatic rings. The Kier molecular flexibility index (Phi) is 4.18. The molecule has 1 saturated carbocycles. The van der Waals surface area contributed by atoms with Gasteiger partial charge in [0.25, 0.3) is 0 Å². The molecule has 1 nitrogen and oxygen atoms in total. The van der Waals surface area contributed by atoms with Crippen LogP contribution in [0.25, 0.3) is 0 Å². The molecule has 2 fully saturated rings. The van der Waals surface area contributed by atoms with E-state index < -0.39 is 0 Å². The van der Waals surface area contributed by atoms with E-state index in [4.69, 9.17) is 0 Å². The summed E-state index contributed by atoms with van der Waals surface area (Å²) in [6.45, 7) is 11.0. The summed E-state index contributed by atoms with van der Waals surface area (Å²) in [5.41, 5.74) is 0.425. The lowest BCUT2D eigenvalue weighted by atomic mass is 9.71. The van der Waals surface area contributed by atoms with E-state index in [1.54, 1.807) is 0 Å². The van der Waals surface area contributed by atoms with Crippen molar-refractivity contribution in [3.8, 4) is 0 Å². The Morgan fingerprint density at radius 1 is 0.941 bits per heavy atom. The maximum Gasteiger partial charge on any atom is 0.0158 e. The van der Waals surface area contributed by atoms with Crippen molar-refractivity contribution >= 4 is 0 Å². The first kappa shape index (κ1) is 13.4. The minimum atomic E-state index is 0.425. The number of fused-ring (bicyclic) bond motifs is 1. The number of rotatable bonds is 1. The summed E-state index contributed by atoms with van der Waals surface area (Å²) in [6.07, 6.45) is 10.3. The molecule has 0 radical (unpaired) electrons. The predicted molar refractivity (Wildman–Crippen MR) is 75.2 cm³/mol. The number of nitrogens with zero attached hydrogens (tertiary/aromatic N) is 1. The summed E-state index contributed by atoms with van der Waals surface area (Å²) in [4.78, 5) is 2.76. The quantitative estimate of drug-likeness (QED) is 0.650. The van der Waals surface area contributed by atoms with Crippen molar-refractivity contribution in [2.75, 3.05) is 6.54 Å². The molecule has 1 heteroatoms. The summed E-state index contributed by atoms with van der Waals surface area (Å²) < 4.78 is 0. The van der Waals surface area contributed by atoms with Gasteiger partial charge in [0.05, 0.1) is 0 Å². The molecular weight excluding hydrogens is 206 g/mol. The van der Waals surface area contributed by atoms with E-state index in [0.29, 0.717) is 11.6 Å². The van der Waals surface area contributed by atoms with E-state index >= 15 is 0 Å². The molecule has 1 aliphatic heterocycles. The maximum atomic E-state index is 2.76. The summed E-state index contributed by atoms with van der Waals surface area (Å²) in [5, 5.41) is 0. The highest BCUT2D eigenvalue weighted by atomic mass is 15.2. The first-order chi connectivity index (χ1) is 8.00. The van der Waals surface area contributed by atoms with E-state index in [2.05, 4.69) is 32.6 Å². The fraction of sp³-hybridized carbons (Fsp3) is 1.00. The molecule has 100 valence electrons. The van der Waals surface area contributed by atoms with Crippen LogP contribution in [0.2, 0.25) is 0 Å². The van der Waals surface area contributed by atoms with Crippen molar-refractivity contribution in [3.05, 3.63) is 0 Å². The maximum absolute atomic E-state index is 2.76. The van der Waals surface area contributed by atoms with Crippen molar-refractivity contribution in [1.82, 2.24) is 4.90 Å². The lowest BCUT2D eigenvalue weighted by Gasteiger charge is -2.52. The van der Waals surface area contributed by atoms with Crippen LogP contribution in [0.3, 0.4) is 0 Å². The molecule has 1 saturated heterocycles. The lowest BCUT2D eigenvalue weighted by Crippen LogP contribution is -2.56. The first-order valence-corrected chi connectivity index (χ1v) is 7.77. The molecule has 0 N–H and O–H groups in total. The van der Waals surface area contributed by atoms with Crippen LogP contribution in [-0.4, -0.2) is 23.0 Å². The van der Waals surface area contributed by atoms with Crippen molar-refractivity contribution in [1.29, 1.82) is 0 Å². The molecule has 0 aromatic heterocycles. The zero-order valence-corrected chi connectivity index (χ0v) is 12.3. The van der Waals surface area contributed by atoms with Gasteiger partial charge in [-0.1, -0.05) is 32.1 Å². The van der Waals surface area contributed by atoms with Crippen LogP contribution in [0.15, 0.2) is 0 Å². The minimum Gasteiger partial charge on any atom is -0.296 e. The summed E-state index contributed by atoms with van der Waals surface area (Å²) in [5.74, 6) is 2.01. The number of hydrogen-bond acceptors (Lipinski definition) is 1. The Morgan fingerprint density at radius 3 is 2.12 bits per heavy atom. The van der Waals surface area contributed by atoms with Gasteiger partial charge >= 0.3 is 0 Å². The van der Waals surface area contributed by atoms with Crippen molar-refractivity contribution in [3.63, 3.8) is 0 Å². The van der Waals surface area contributed by atoms with Crippen molar-refractivity contribution in [2.45, 2.75) is 84.2 Å². The third-order valence-corrected chi connectivity index (χ3v) is 5.16. The highest BCUT2D eigenvalue weighted by Gasteiger charge is 2.40. The van der Waals surface area contributed by atoms with Crippen molar-refractivity contribution in [2.24, 2.45) is 11.8 Å². The highest BCUT2D eigenvalue weighted by molar-refractivity contribution is 4.94. The molecule has 2 unspecified atom stereocenters. The van der Waals surface area contributed by atoms with Gasteiger partial charge in [-0.15, -0.1) is 0 Å². The third-order valence-electron chi connectivity index (χ3n) is 5.16. The normalized spacial score (nSPS) is 35.1. The molecule has 1 aliphatic carbocycles. The van der Waals surface area contributed by atoms with Gasteiger partial charge in [0, 0.05) is 18.1 Å². The average molecular weight is 237 g/mol. The van der Waals surface area contributed by atoms with Crippen molar-refractivity contribution < 1.29 is 0 Å². The van der Waals surface area contributed by atoms with Gasteiger partial charge in [-0.3, -0.25) is 4.90 Å². The van der Waals surface area contributed by atoms with Gasteiger partial charge in [0.2, 0.25) is 0 Å². The first-order valence-electron chi connectivity index (χ1n) is 7.77. The van der Waals surface area contributed by atoms with E-state index in [1.807, 2.05) is 0 Å². The van der Waals surface area contributed by atoms with Crippen LogP contribution in [-0.2, 0) is 0 Å². The number of piperidine rings is 1. The van der Waals surface area contributed by atoms with Gasteiger partial charge in [-0.2, -0.15) is 0 Å². The molecule has 0 aromatic rings. The second-order valence-electron chi connectivity index (χ2n) is 7.27. The Morgan fingerprint density at radius 2 is 1.53 bits per heavy atom. The Labute approximate surface area is 108 Å². The molecule has 0 amide bonds.